The third-order valence-electron chi connectivity index (χ3n) is 5.71. The molecule has 3 rings (SSSR count). The lowest BCUT2D eigenvalue weighted by Gasteiger charge is -2.29. The van der Waals surface area contributed by atoms with Crippen molar-refractivity contribution in [1.29, 1.82) is 0 Å². The molecule has 2 atom stereocenters. The van der Waals surface area contributed by atoms with Gasteiger partial charge >= 0.3 is 0 Å². The van der Waals surface area contributed by atoms with Gasteiger partial charge in [-0.15, -0.1) is 0 Å². The summed E-state index contributed by atoms with van der Waals surface area (Å²) in [6.45, 7) is 5.28. The van der Waals surface area contributed by atoms with Crippen LogP contribution < -0.4 is 0 Å². The summed E-state index contributed by atoms with van der Waals surface area (Å²) in [6, 6.07) is 7.66. The molecule has 0 amide bonds. The van der Waals surface area contributed by atoms with Gasteiger partial charge in [0.1, 0.15) is 5.82 Å². The quantitative estimate of drug-likeness (QED) is 0.401. The van der Waals surface area contributed by atoms with E-state index in [-0.39, 0.29) is 17.8 Å². The van der Waals surface area contributed by atoms with E-state index in [9.17, 15) is 13.2 Å². The van der Waals surface area contributed by atoms with Crippen molar-refractivity contribution in [1.82, 2.24) is 0 Å². The molecule has 30 heavy (non-hydrogen) atoms. The Hall–Kier alpha value is -1.85. The van der Waals surface area contributed by atoms with E-state index >= 15 is 0 Å². The van der Waals surface area contributed by atoms with E-state index < -0.39 is 17.5 Å². The third kappa shape index (κ3) is 5.44. The highest BCUT2D eigenvalue weighted by molar-refractivity contribution is 5.65. The van der Waals surface area contributed by atoms with Gasteiger partial charge in [-0.3, -0.25) is 0 Å². The maximum Gasteiger partial charge on any atom is 0.166 e. The Labute approximate surface area is 177 Å². The number of aryl methyl sites for hydroxylation is 1. The fraction of sp³-hybridized carbons (Fsp3) is 0.520. The Morgan fingerprint density at radius 3 is 2.43 bits per heavy atom. The van der Waals surface area contributed by atoms with E-state index in [4.69, 9.17) is 9.47 Å². The van der Waals surface area contributed by atoms with Crippen molar-refractivity contribution in [3.8, 4) is 11.1 Å². The van der Waals surface area contributed by atoms with Crippen molar-refractivity contribution in [3.63, 3.8) is 0 Å². The average Bonchev–Trinajstić information content (AvgIpc) is 2.75. The summed E-state index contributed by atoms with van der Waals surface area (Å²) in [5.74, 6) is -2.22. The summed E-state index contributed by atoms with van der Waals surface area (Å²) in [6.07, 6.45) is 5.49. The van der Waals surface area contributed by atoms with Crippen LogP contribution in [0.2, 0.25) is 0 Å². The normalized spacial score (nSPS) is 19.2. The molecule has 0 N–H and O–H groups in total. The molecule has 0 bridgehead atoms. The largest absolute Gasteiger partial charge is 0.376 e. The maximum atomic E-state index is 14.8. The number of benzene rings is 2. The first-order valence-electron chi connectivity index (χ1n) is 11.0. The van der Waals surface area contributed by atoms with Gasteiger partial charge in [0.2, 0.25) is 0 Å². The molecule has 5 heteroatoms. The van der Waals surface area contributed by atoms with Crippen molar-refractivity contribution in [2.75, 3.05) is 13.2 Å². The molecule has 0 spiro atoms. The summed E-state index contributed by atoms with van der Waals surface area (Å²) < 4.78 is 55.4. The van der Waals surface area contributed by atoms with Crippen LogP contribution >= 0.6 is 0 Å². The molecule has 0 aromatic heterocycles. The van der Waals surface area contributed by atoms with Crippen LogP contribution in [0.25, 0.3) is 11.1 Å². The van der Waals surface area contributed by atoms with E-state index in [0.717, 1.165) is 38.7 Å². The summed E-state index contributed by atoms with van der Waals surface area (Å²) in [5.41, 5.74) is 1.21. The zero-order valence-electron chi connectivity index (χ0n) is 17.9. The molecule has 2 nitrogen and oxygen atoms in total. The third-order valence-corrected chi connectivity index (χ3v) is 5.71. The van der Waals surface area contributed by atoms with Gasteiger partial charge < -0.3 is 9.47 Å². The topological polar surface area (TPSA) is 18.5 Å². The number of halogens is 3. The first kappa shape index (κ1) is 22.8. The molecule has 0 aliphatic carbocycles. The molecule has 164 valence electrons. The first-order valence-corrected chi connectivity index (χ1v) is 11.0. The van der Waals surface area contributed by atoms with Crippen molar-refractivity contribution < 1.29 is 22.6 Å². The van der Waals surface area contributed by atoms with E-state index in [0.29, 0.717) is 36.1 Å². The number of rotatable bonds is 9. The van der Waals surface area contributed by atoms with Gasteiger partial charge in [0.25, 0.3) is 0 Å². The lowest BCUT2D eigenvalue weighted by atomic mass is 9.95. The molecule has 2 aromatic carbocycles. The molecular weight excluding hydrogens is 389 g/mol. The predicted octanol–water partition coefficient (Wildman–Crippen LogP) is 7.15. The van der Waals surface area contributed by atoms with Crippen molar-refractivity contribution in [3.05, 3.63) is 58.9 Å². The molecule has 1 fully saturated rings. The fourth-order valence-corrected chi connectivity index (χ4v) is 3.83. The van der Waals surface area contributed by atoms with Crippen LogP contribution in [0.1, 0.15) is 69.6 Å². The number of hydrogen-bond acceptors (Lipinski definition) is 2. The van der Waals surface area contributed by atoms with Gasteiger partial charge in [-0.05, 0) is 49.3 Å². The summed E-state index contributed by atoms with van der Waals surface area (Å²) in [4.78, 5) is 0. The Kier molecular flexibility index (Phi) is 8.34. The molecule has 2 aromatic rings. The Morgan fingerprint density at radius 2 is 1.77 bits per heavy atom. The lowest BCUT2D eigenvalue weighted by Crippen LogP contribution is -2.28. The smallest absolute Gasteiger partial charge is 0.166 e. The summed E-state index contributed by atoms with van der Waals surface area (Å²) >= 11 is 0. The van der Waals surface area contributed by atoms with Crippen LogP contribution in [0, 0.1) is 17.5 Å². The highest BCUT2D eigenvalue weighted by Gasteiger charge is 2.26. The highest BCUT2D eigenvalue weighted by Crippen LogP contribution is 2.34. The monoisotopic (exact) mass is 420 g/mol. The van der Waals surface area contributed by atoms with Gasteiger partial charge in [0.05, 0.1) is 18.8 Å². The van der Waals surface area contributed by atoms with Gasteiger partial charge in [0.15, 0.2) is 11.6 Å². The predicted molar refractivity (Wildman–Crippen MR) is 113 cm³/mol. The Balaban J connectivity index is 1.70. The van der Waals surface area contributed by atoms with E-state index in [1.165, 1.54) is 12.1 Å². The second kappa shape index (κ2) is 11.0. The first-order chi connectivity index (χ1) is 14.5. The Morgan fingerprint density at radius 1 is 0.967 bits per heavy atom. The molecule has 1 aliphatic rings. The van der Waals surface area contributed by atoms with Crippen LogP contribution in [-0.2, 0) is 15.9 Å². The van der Waals surface area contributed by atoms with Crippen LogP contribution in [0.15, 0.2) is 30.3 Å². The Bertz CT molecular complexity index is 829. The van der Waals surface area contributed by atoms with Gasteiger partial charge in [-0.2, -0.15) is 0 Å². The minimum atomic E-state index is -0.920. The molecule has 2 unspecified atom stereocenters. The zero-order chi connectivity index (χ0) is 21.5. The molecule has 0 radical (unpaired) electrons. The van der Waals surface area contributed by atoms with Crippen LogP contribution in [0.4, 0.5) is 13.2 Å². The van der Waals surface area contributed by atoms with Crippen molar-refractivity contribution in [2.24, 2.45) is 0 Å². The fourth-order valence-electron chi connectivity index (χ4n) is 3.83. The number of hydrogen-bond donors (Lipinski definition) is 0. The zero-order valence-corrected chi connectivity index (χ0v) is 17.9. The van der Waals surface area contributed by atoms with E-state index in [1.54, 1.807) is 18.2 Å². The highest BCUT2D eigenvalue weighted by atomic mass is 19.2. The van der Waals surface area contributed by atoms with E-state index in [1.807, 2.05) is 6.92 Å². The number of unbranched alkanes of at least 4 members (excludes halogenated alkanes) is 2. The van der Waals surface area contributed by atoms with Gasteiger partial charge in [-0.1, -0.05) is 51.0 Å². The van der Waals surface area contributed by atoms with Crippen LogP contribution in [0.3, 0.4) is 0 Å². The second-order valence-electron chi connectivity index (χ2n) is 7.99. The van der Waals surface area contributed by atoms with Crippen molar-refractivity contribution >= 4 is 0 Å². The van der Waals surface area contributed by atoms with Crippen LogP contribution in [0.5, 0.6) is 0 Å². The summed E-state index contributed by atoms with van der Waals surface area (Å²) in [7, 11) is 0. The minimum absolute atomic E-state index is 0.0541. The molecule has 1 heterocycles. The van der Waals surface area contributed by atoms with Crippen molar-refractivity contribution in [2.45, 2.75) is 71.0 Å². The lowest BCUT2D eigenvalue weighted by molar-refractivity contribution is -0.0880. The second-order valence-corrected chi connectivity index (χ2v) is 7.99. The molecular formula is C25H31F3O2. The van der Waals surface area contributed by atoms with E-state index in [2.05, 4.69) is 6.92 Å². The molecule has 1 aliphatic heterocycles. The van der Waals surface area contributed by atoms with Gasteiger partial charge in [0, 0.05) is 17.7 Å². The maximum absolute atomic E-state index is 14.8. The molecule has 0 saturated carbocycles. The van der Waals surface area contributed by atoms with Crippen LogP contribution in [-0.4, -0.2) is 19.3 Å². The average molecular weight is 421 g/mol. The standard InChI is InChI=1S/C25H31F3O2/c1-3-5-7-17-8-11-20(25(28)24(17)27)18-9-12-21(22(26)15-18)23-13-10-19(16-30-23)29-14-6-4-2/h8-9,11-12,15,19,23H,3-7,10,13-14,16H2,1-2H3. The SMILES string of the molecule is CCCCOC1CCC(c2ccc(-c3ccc(CCCC)c(F)c3F)cc2F)OC1. The number of ether oxygens (including phenoxy) is 2. The minimum Gasteiger partial charge on any atom is -0.376 e. The summed E-state index contributed by atoms with van der Waals surface area (Å²) in [5, 5.41) is 0. The molecule has 1 saturated heterocycles. The van der Waals surface area contributed by atoms with Gasteiger partial charge in [-0.25, -0.2) is 13.2 Å².